The molecule has 0 atom stereocenters. The molecule has 1 fully saturated rings. The van der Waals surface area contributed by atoms with Crippen molar-refractivity contribution >= 4 is 38.4 Å². The normalized spacial score (nSPS) is 23.2. The molecule has 0 bridgehead atoms. The summed E-state index contributed by atoms with van der Waals surface area (Å²) in [7, 11) is 3.37. The Bertz CT molecular complexity index is 1130. The van der Waals surface area contributed by atoms with Gasteiger partial charge in [-0.05, 0) is 46.3 Å². The quantitative estimate of drug-likeness (QED) is 0.593. The lowest BCUT2D eigenvalue weighted by Gasteiger charge is -2.44. The van der Waals surface area contributed by atoms with Gasteiger partial charge in [0.25, 0.3) is 0 Å². The number of fused-ring (bicyclic) bond motifs is 4. The minimum absolute atomic E-state index is 0.0787. The second-order valence-corrected chi connectivity index (χ2v) is 8.34. The first-order chi connectivity index (χ1) is 13.4. The Morgan fingerprint density at radius 3 is 2.71 bits per heavy atom. The lowest BCUT2D eigenvalue weighted by atomic mass is 9.57. The number of amides is 1. The topological polar surface area (TPSA) is 55.3 Å². The monoisotopic (exact) mass is 441 g/mol. The molecule has 7 heteroatoms. The highest BCUT2D eigenvalue weighted by atomic mass is 79.9. The summed E-state index contributed by atoms with van der Waals surface area (Å²) in [6.45, 7) is 0. The number of carbonyl (C=O) groups is 1. The van der Waals surface area contributed by atoms with Crippen molar-refractivity contribution in [3.8, 4) is 5.88 Å². The Balaban J connectivity index is 1.60. The van der Waals surface area contributed by atoms with Crippen LogP contribution in [0.2, 0.25) is 0 Å². The van der Waals surface area contributed by atoms with Crippen LogP contribution in [0, 0.1) is 5.82 Å². The molecule has 1 aromatic carbocycles. The van der Waals surface area contributed by atoms with Crippen molar-refractivity contribution < 1.29 is 13.9 Å². The number of rotatable bonds is 2. The average molecular weight is 442 g/mol. The third-order valence-corrected chi connectivity index (χ3v) is 6.68. The number of nitrogens with zero attached hydrogens (tertiary/aromatic N) is 3. The molecule has 5 nitrogen and oxygen atoms in total. The van der Waals surface area contributed by atoms with Crippen LogP contribution >= 0.6 is 15.9 Å². The van der Waals surface area contributed by atoms with Crippen LogP contribution in [0.5, 0.6) is 5.88 Å². The Morgan fingerprint density at radius 2 is 2.04 bits per heavy atom. The number of hydrogen-bond donors (Lipinski definition) is 0. The van der Waals surface area contributed by atoms with Gasteiger partial charge in [-0.2, -0.15) is 0 Å². The number of aromatic nitrogens is 2. The molecule has 5 rings (SSSR count). The third kappa shape index (κ3) is 2.25. The molecule has 142 valence electrons. The summed E-state index contributed by atoms with van der Waals surface area (Å²) in [4.78, 5) is 23.6. The number of anilines is 1. The first kappa shape index (κ1) is 17.6. The molecule has 0 radical (unpaired) electrons. The lowest BCUT2D eigenvalue weighted by Crippen LogP contribution is -2.47. The van der Waals surface area contributed by atoms with Gasteiger partial charge in [-0.1, -0.05) is 6.07 Å². The Hall–Kier alpha value is -2.54. The molecular weight excluding hydrogens is 425 g/mol. The summed E-state index contributed by atoms with van der Waals surface area (Å²) in [6, 6.07) is 7.01. The van der Waals surface area contributed by atoms with Gasteiger partial charge >= 0.3 is 0 Å². The van der Waals surface area contributed by atoms with E-state index in [4.69, 9.17) is 4.74 Å². The number of likely N-dealkylation sites (N-methyl/N-ethyl adjacent to an activating group) is 1. The smallest absolute Gasteiger partial charge is 0.237 e. The maximum atomic E-state index is 14.0. The first-order valence-electron chi connectivity index (χ1n) is 9.01. The first-order valence-corrected chi connectivity index (χ1v) is 9.80. The van der Waals surface area contributed by atoms with E-state index < -0.39 is 5.41 Å². The molecule has 1 saturated carbocycles. The fourth-order valence-corrected chi connectivity index (χ4v) is 4.96. The summed E-state index contributed by atoms with van der Waals surface area (Å²) in [5.41, 5.74) is 2.84. The van der Waals surface area contributed by atoms with Gasteiger partial charge in [0.05, 0.1) is 34.4 Å². The van der Waals surface area contributed by atoms with Crippen molar-refractivity contribution in [1.29, 1.82) is 0 Å². The summed E-state index contributed by atoms with van der Waals surface area (Å²) >= 11 is 3.27. The van der Waals surface area contributed by atoms with Crippen LogP contribution in [0.25, 0.3) is 10.9 Å². The van der Waals surface area contributed by atoms with E-state index in [2.05, 4.69) is 25.9 Å². The van der Waals surface area contributed by atoms with Crippen LogP contribution < -0.4 is 9.64 Å². The predicted octanol–water partition coefficient (Wildman–Crippen LogP) is 4.33. The fraction of sp³-hybridized carbons (Fsp3) is 0.286. The summed E-state index contributed by atoms with van der Waals surface area (Å²) < 4.78 is 19.5. The van der Waals surface area contributed by atoms with Crippen molar-refractivity contribution in [2.24, 2.45) is 0 Å². The van der Waals surface area contributed by atoms with Crippen molar-refractivity contribution in [1.82, 2.24) is 9.97 Å². The largest absolute Gasteiger partial charge is 0.481 e. The van der Waals surface area contributed by atoms with Gasteiger partial charge in [0.2, 0.25) is 11.8 Å². The minimum Gasteiger partial charge on any atom is -0.481 e. The van der Waals surface area contributed by atoms with Gasteiger partial charge < -0.3 is 9.64 Å². The van der Waals surface area contributed by atoms with Crippen LogP contribution in [0.15, 0.2) is 41.1 Å². The molecule has 3 aromatic rings. The van der Waals surface area contributed by atoms with E-state index in [1.807, 2.05) is 18.3 Å². The van der Waals surface area contributed by atoms with Crippen LogP contribution in [-0.2, 0) is 10.2 Å². The molecular formula is C21H17BrFN3O2. The number of benzene rings is 1. The molecule has 1 aliphatic carbocycles. The number of pyridine rings is 2. The maximum Gasteiger partial charge on any atom is 0.237 e. The molecule has 0 saturated heterocycles. The zero-order valence-corrected chi connectivity index (χ0v) is 17.0. The Kier molecular flexibility index (Phi) is 3.75. The maximum absolute atomic E-state index is 14.0. The van der Waals surface area contributed by atoms with Crippen LogP contribution in [0.3, 0.4) is 0 Å². The highest BCUT2D eigenvalue weighted by Crippen LogP contribution is 2.60. The molecule has 1 amide bonds. The van der Waals surface area contributed by atoms with E-state index in [1.165, 1.54) is 6.07 Å². The lowest BCUT2D eigenvalue weighted by molar-refractivity contribution is -0.126. The fourth-order valence-electron chi connectivity index (χ4n) is 4.62. The second-order valence-electron chi connectivity index (χ2n) is 7.49. The molecule has 0 unspecified atom stereocenters. The summed E-state index contributed by atoms with van der Waals surface area (Å²) in [5, 5.41) is 0.829. The van der Waals surface area contributed by atoms with Crippen LogP contribution in [0.1, 0.15) is 29.9 Å². The summed E-state index contributed by atoms with van der Waals surface area (Å²) in [5.74, 6) is 0.537. The molecule has 1 aliphatic heterocycles. The van der Waals surface area contributed by atoms with Crippen LogP contribution in [-0.4, -0.2) is 30.0 Å². The Morgan fingerprint density at radius 1 is 1.25 bits per heavy atom. The van der Waals surface area contributed by atoms with E-state index >= 15 is 0 Å². The predicted molar refractivity (Wildman–Crippen MR) is 107 cm³/mol. The molecule has 2 aliphatic rings. The van der Waals surface area contributed by atoms with Gasteiger partial charge in [0.1, 0.15) is 5.82 Å². The van der Waals surface area contributed by atoms with Crippen molar-refractivity contribution in [2.45, 2.75) is 24.2 Å². The highest BCUT2D eigenvalue weighted by Gasteiger charge is 2.58. The van der Waals surface area contributed by atoms with E-state index in [0.29, 0.717) is 28.7 Å². The van der Waals surface area contributed by atoms with Crippen molar-refractivity contribution in [3.63, 3.8) is 0 Å². The number of hydrogen-bond acceptors (Lipinski definition) is 4. The molecule has 0 N–H and O–H groups in total. The van der Waals surface area contributed by atoms with Crippen molar-refractivity contribution in [3.05, 3.63) is 58.1 Å². The number of ether oxygens (including phenoxy) is 1. The second kappa shape index (κ2) is 5.98. The number of halogens is 2. The molecule has 1 spiro atoms. The van der Waals surface area contributed by atoms with E-state index in [-0.39, 0.29) is 17.6 Å². The standard InChI is InChI=1S/C21H17BrFN3O2/c1-26-17-10-24-16-6-15(23)14(22)5-13(16)19(17)21(20(26)27)7-12(8-21)11-3-4-18(28-2)25-9-11/h3-6,9-10,12H,7-8H2,1-2H3/t12-,21-. The molecule has 28 heavy (non-hydrogen) atoms. The SMILES string of the molecule is COc1ccc([C@H]2C[C@@]3(C2)C(=O)N(C)c2cnc4cc(F)c(Br)cc4c23)cn1. The van der Waals surface area contributed by atoms with Gasteiger partial charge in [-0.15, -0.1) is 0 Å². The van der Waals surface area contributed by atoms with Gasteiger partial charge in [-0.3, -0.25) is 9.78 Å². The Labute approximate surface area is 169 Å². The van der Waals surface area contributed by atoms with Gasteiger partial charge in [-0.25, -0.2) is 9.37 Å². The molecule has 3 heterocycles. The van der Waals surface area contributed by atoms with Crippen molar-refractivity contribution in [2.75, 3.05) is 19.1 Å². The highest BCUT2D eigenvalue weighted by molar-refractivity contribution is 9.10. The average Bonchev–Trinajstić information content (AvgIpc) is 2.90. The minimum atomic E-state index is -0.590. The van der Waals surface area contributed by atoms with Gasteiger partial charge in [0.15, 0.2) is 0 Å². The van der Waals surface area contributed by atoms with E-state index in [1.54, 1.807) is 31.3 Å². The van der Waals surface area contributed by atoms with Crippen LogP contribution in [0.4, 0.5) is 10.1 Å². The third-order valence-electron chi connectivity index (χ3n) is 6.07. The molecule has 2 aromatic heterocycles. The number of carbonyl (C=O) groups excluding carboxylic acids is 1. The van der Waals surface area contributed by atoms with E-state index in [0.717, 1.165) is 22.2 Å². The zero-order chi connectivity index (χ0) is 19.6. The zero-order valence-electron chi connectivity index (χ0n) is 15.4. The number of methoxy groups -OCH3 is 1. The van der Waals surface area contributed by atoms with E-state index in [9.17, 15) is 9.18 Å². The summed E-state index contributed by atoms with van der Waals surface area (Å²) in [6.07, 6.45) is 4.90. The van der Waals surface area contributed by atoms with Gasteiger partial charge in [0, 0.05) is 36.3 Å².